The van der Waals surface area contributed by atoms with Crippen molar-refractivity contribution in [2.75, 3.05) is 6.26 Å². The summed E-state index contributed by atoms with van der Waals surface area (Å²) in [7, 11) is -3.10. The average molecular weight is 213 g/mol. The lowest BCUT2D eigenvalue weighted by Gasteiger charge is -2.05. The summed E-state index contributed by atoms with van der Waals surface area (Å²) in [4.78, 5) is 0. The molecule has 0 aliphatic heterocycles. The van der Waals surface area contributed by atoms with Crippen molar-refractivity contribution in [3.8, 4) is 0 Å². The fourth-order valence-corrected chi connectivity index (χ4v) is 1.56. The van der Waals surface area contributed by atoms with Crippen molar-refractivity contribution in [2.45, 2.75) is 20.4 Å². The molecule has 1 N–H and O–H groups in total. The van der Waals surface area contributed by atoms with Crippen molar-refractivity contribution < 1.29 is 8.42 Å². The van der Waals surface area contributed by atoms with Crippen molar-refractivity contribution >= 4 is 10.0 Å². The maximum Gasteiger partial charge on any atom is 0.209 e. The number of sulfonamides is 1. The summed E-state index contributed by atoms with van der Waals surface area (Å²) in [5.74, 6) is 0. The van der Waals surface area contributed by atoms with Gasteiger partial charge >= 0.3 is 0 Å². The van der Waals surface area contributed by atoms with E-state index in [0.29, 0.717) is 6.54 Å². The molecular formula is C10H15NO2S. The van der Waals surface area contributed by atoms with E-state index in [-0.39, 0.29) is 0 Å². The van der Waals surface area contributed by atoms with Crippen molar-refractivity contribution in [2.24, 2.45) is 0 Å². The van der Waals surface area contributed by atoms with E-state index < -0.39 is 10.0 Å². The second-order valence-electron chi connectivity index (χ2n) is 3.51. The average Bonchev–Trinajstić information content (AvgIpc) is 2.06. The molecule has 0 bridgehead atoms. The summed E-state index contributed by atoms with van der Waals surface area (Å²) in [6.07, 6.45) is 1.16. The van der Waals surface area contributed by atoms with Gasteiger partial charge in [0.1, 0.15) is 0 Å². The molecule has 1 aromatic rings. The first kappa shape index (κ1) is 11.2. The highest BCUT2D eigenvalue weighted by Crippen LogP contribution is 2.09. The zero-order valence-electron chi connectivity index (χ0n) is 8.66. The first-order chi connectivity index (χ1) is 6.38. The highest BCUT2D eigenvalue weighted by atomic mass is 32.2. The number of rotatable bonds is 3. The number of aryl methyl sites for hydroxylation is 2. The summed E-state index contributed by atoms with van der Waals surface area (Å²) >= 11 is 0. The largest absolute Gasteiger partial charge is 0.213 e. The van der Waals surface area contributed by atoms with E-state index in [1.54, 1.807) is 0 Å². The summed E-state index contributed by atoms with van der Waals surface area (Å²) in [6.45, 7) is 4.41. The smallest absolute Gasteiger partial charge is 0.209 e. The Bertz CT molecular complexity index is 424. The van der Waals surface area contributed by atoms with Crippen LogP contribution in [0, 0.1) is 13.8 Å². The molecule has 0 radical (unpaired) electrons. The number of nitrogens with one attached hydrogen (secondary N) is 1. The zero-order chi connectivity index (χ0) is 10.8. The number of benzene rings is 1. The molecule has 0 amide bonds. The molecule has 0 aromatic heterocycles. The molecule has 0 fully saturated rings. The molecule has 0 atom stereocenters. The Balaban J connectivity index is 2.74. The predicted octanol–water partition coefficient (Wildman–Crippen LogP) is 1.35. The Hall–Kier alpha value is -0.870. The molecule has 14 heavy (non-hydrogen) atoms. The van der Waals surface area contributed by atoms with Crippen LogP contribution in [0.3, 0.4) is 0 Å². The number of hydrogen-bond donors (Lipinski definition) is 1. The topological polar surface area (TPSA) is 46.2 Å². The van der Waals surface area contributed by atoms with Crippen LogP contribution in [-0.4, -0.2) is 14.7 Å². The van der Waals surface area contributed by atoms with Crippen molar-refractivity contribution in [1.29, 1.82) is 0 Å². The maximum atomic E-state index is 10.8. The van der Waals surface area contributed by atoms with E-state index in [9.17, 15) is 8.42 Å². The molecule has 78 valence electrons. The van der Waals surface area contributed by atoms with Crippen molar-refractivity contribution in [3.05, 3.63) is 34.9 Å². The van der Waals surface area contributed by atoms with E-state index in [1.807, 2.05) is 32.0 Å². The summed E-state index contributed by atoms with van der Waals surface area (Å²) in [5.41, 5.74) is 3.38. The van der Waals surface area contributed by atoms with Gasteiger partial charge in [-0.3, -0.25) is 0 Å². The van der Waals surface area contributed by atoms with Gasteiger partial charge in [0.05, 0.1) is 6.26 Å². The van der Waals surface area contributed by atoms with Crippen LogP contribution in [-0.2, 0) is 16.6 Å². The Morgan fingerprint density at radius 2 is 1.86 bits per heavy atom. The Labute approximate surface area is 85.2 Å². The highest BCUT2D eigenvalue weighted by Gasteiger charge is 2.01. The molecule has 0 spiro atoms. The second-order valence-corrected chi connectivity index (χ2v) is 5.34. The molecule has 0 saturated carbocycles. The van der Waals surface area contributed by atoms with E-state index in [2.05, 4.69) is 4.72 Å². The third kappa shape index (κ3) is 3.47. The molecule has 1 aromatic carbocycles. The lowest BCUT2D eigenvalue weighted by Crippen LogP contribution is -2.21. The second kappa shape index (κ2) is 4.11. The highest BCUT2D eigenvalue weighted by molar-refractivity contribution is 7.88. The van der Waals surface area contributed by atoms with Gasteiger partial charge in [0.15, 0.2) is 0 Å². The molecule has 1 rings (SSSR count). The van der Waals surface area contributed by atoms with Gasteiger partial charge in [-0.2, -0.15) is 0 Å². The van der Waals surface area contributed by atoms with Gasteiger partial charge in [-0.1, -0.05) is 18.2 Å². The van der Waals surface area contributed by atoms with Crippen LogP contribution in [0.4, 0.5) is 0 Å². The molecule has 0 heterocycles. The van der Waals surface area contributed by atoms with Gasteiger partial charge in [0.2, 0.25) is 10.0 Å². The van der Waals surface area contributed by atoms with Crippen LogP contribution in [0.2, 0.25) is 0 Å². The van der Waals surface area contributed by atoms with Crippen molar-refractivity contribution in [1.82, 2.24) is 4.72 Å². The SMILES string of the molecule is Cc1ccc(CNS(C)(=O)=O)cc1C. The quantitative estimate of drug-likeness (QED) is 0.824. The standard InChI is InChI=1S/C10H15NO2S/c1-8-4-5-10(6-9(8)2)7-11-14(3,12)13/h4-6,11H,7H2,1-3H3. The van der Waals surface area contributed by atoms with E-state index in [1.165, 1.54) is 11.1 Å². The monoisotopic (exact) mass is 213 g/mol. The Kier molecular flexibility index (Phi) is 3.29. The molecule has 0 saturated heterocycles. The third-order valence-electron chi connectivity index (χ3n) is 2.11. The van der Waals surface area contributed by atoms with Crippen LogP contribution in [0.25, 0.3) is 0 Å². The minimum Gasteiger partial charge on any atom is -0.213 e. The normalized spacial score (nSPS) is 11.6. The van der Waals surface area contributed by atoms with Crippen LogP contribution < -0.4 is 4.72 Å². The van der Waals surface area contributed by atoms with Gasteiger partial charge in [0, 0.05) is 6.54 Å². The Morgan fingerprint density at radius 1 is 1.21 bits per heavy atom. The fourth-order valence-electron chi connectivity index (χ4n) is 1.13. The van der Waals surface area contributed by atoms with Gasteiger partial charge in [-0.05, 0) is 30.5 Å². The van der Waals surface area contributed by atoms with Gasteiger partial charge in [-0.25, -0.2) is 13.1 Å². The van der Waals surface area contributed by atoms with Crippen LogP contribution in [0.5, 0.6) is 0 Å². The summed E-state index contributed by atoms with van der Waals surface area (Å²) < 4.78 is 24.1. The van der Waals surface area contributed by atoms with Gasteiger partial charge < -0.3 is 0 Å². The number of hydrogen-bond acceptors (Lipinski definition) is 2. The third-order valence-corrected chi connectivity index (χ3v) is 2.78. The Morgan fingerprint density at radius 3 is 2.36 bits per heavy atom. The molecule has 0 unspecified atom stereocenters. The van der Waals surface area contributed by atoms with E-state index in [4.69, 9.17) is 0 Å². The first-order valence-corrected chi connectivity index (χ1v) is 6.28. The molecular weight excluding hydrogens is 198 g/mol. The van der Waals surface area contributed by atoms with Crippen molar-refractivity contribution in [3.63, 3.8) is 0 Å². The molecule has 0 aliphatic rings. The van der Waals surface area contributed by atoms with Gasteiger partial charge in [-0.15, -0.1) is 0 Å². The van der Waals surface area contributed by atoms with Crippen LogP contribution in [0.1, 0.15) is 16.7 Å². The minimum atomic E-state index is -3.10. The van der Waals surface area contributed by atoms with Gasteiger partial charge in [0.25, 0.3) is 0 Å². The molecule has 0 aliphatic carbocycles. The lowest BCUT2D eigenvalue weighted by atomic mass is 10.1. The predicted molar refractivity (Wildman–Crippen MR) is 57.6 cm³/mol. The van der Waals surface area contributed by atoms with Crippen LogP contribution >= 0.6 is 0 Å². The summed E-state index contributed by atoms with van der Waals surface area (Å²) in [5, 5.41) is 0. The minimum absolute atomic E-state index is 0.361. The lowest BCUT2D eigenvalue weighted by molar-refractivity contribution is 0.587. The fraction of sp³-hybridized carbons (Fsp3) is 0.400. The summed E-state index contributed by atoms with van der Waals surface area (Å²) in [6, 6.07) is 5.92. The first-order valence-electron chi connectivity index (χ1n) is 4.39. The van der Waals surface area contributed by atoms with E-state index in [0.717, 1.165) is 11.8 Å². The van der Waals surface area contributed by atoms with E-state index >= 15 is 0 Å². The maximum absolute atomic E-state index is 10.8. The molecule has 3 nitrogen and oxygen atoms in total. The zero-order valence-corrected chi connectivity index (χ0v) is 9.48. The molecule has 4 heteroatoms. The van der Waals surface area contributed by atoms with Crippen LogP contribution in [0.15, 0.2) is 18.2 Å².